The largest absolute Gasteiger partial charge is 0.490 e. The number of hydrogen-bond acceptors (Lipinski definition) is 7. The van der Waals surface area contributed by atoms with Crippen molar-refractivity contribution >= 4 is 74.5 Å². The summed E-state index contributed by atoms with van der Waals surface area (Å²) < 4.78 is 12.7. The summed E-state index contributed by atoms with van der Waals surface area (Å²) in [6.45, 7) is 2.76. The lowest BCUT2D eigenvalue weighted by atomic mass is 10.2. The van der Waals surface area contributed by atoms with Crippen molar-refractivity contribution in [1.82, 2.24) is 5.32 Å². The van der Waals surface area contributed by atoms with Crippen LogP contribution in [0.3, 0.4) is 0 Å². The van der Waals surface area contributed by atoms with Gasteiger partial charge in [-0.25, -0.2) is 4.99 Å². The number of nitro groups is 1. The number of thioether (sulfide) groups is 1. The van der Waals surface area contributed by atoms with Crippen molar-refractivity contribution in [3.05, 3.63) is 95.4 Å². The molecule has 1 amide bonds. The van der Waals surface area contributed by atoms with Crippen molar-refractivity contribution in [2.24, 2.45) is 4.99 Å². The van der Waals surface area contributed by atoms with Crippen molar-refractivity contribution in [2.75, 3.05) is 6.61 Å². The standard InChI is InChI=1S/C25H19ClIN3O5S/c1-2-34-21-11-16(10-19(27)23(21)35-14-15-6-4-3-5-7-15)12-22-24(31)29-25(36-22)28-20-9-8-17(30(32)33)13-18(20)26/h3-13H,2,14H2,1H3,(H,28,29,31)/b22-12+. The molecule has 3 aromatic carbocycles. The molecule has 0 radical (unpaired) electrons. The quantitative estimate of drug-likeness (QED) is 0.128. The Bertz CT molecular complexity index is 1380. The molecule has 0 spiro atoms. The van der Waals surface area contributed by atoms with E-state index >= 15 is 0 Å². The average molecular weight is 636 g/mol. The number of carbonyl (C=O) groups excluding carboxylic acids is 1. The number of ether oxygens (including phenoxy) is 2. The molecular weight excluding hydrogens is 617 g/mol. The van der Waals surface area contributed by atoms with Crippen LogP contribution in [0, 0.1) is 13.7 Å². The maximum Gasteiger partial charge on any atom is 0.271 e. The van der Waals surface area contributed by atoms with E-state index in [0.717, 1.165) is 26.5 Å². The fraction of sp³-hybridized carbons (Fsp3) is 0.120. The Morgan fingerprint density at radius 1 is 1.17 bits per heavy atom. The van der Waals surface area contributed by atoms with Gasteiger partial charge in [0, 0.05) is 12.1 Å². The summed E-state index contributed by atoms with van der Waals surface area (Å²) >= 11 is 9.46. The first-order valence-corrected chi connectivity index (χ1v) is 13.0. The Balaban J connectivity index is 1.56. The number of aliphatic imine (C=N–C) groups is 1. The number of halogens is 2. The zero-order valence-corrected chi connectivity index (χ0v) is 22.6. The van der Waals surface area contributed by atoms with Crippen molar-refractivity contribution in [1.29, 1.82) is 0 Å². The number of non-ortho nitro benzene ring substituents is 1. The molecule has 0 aliphatic carbocycles. The molecule has 4 rings (SSSR count). The van der Waals surface area contributed by atoms with Gasteiger partial charge in [0.1, 0.15) is 6.61 Å². The molecule has 0 atom stereocenters. The third-order valence-corrected chi connectivity index (χ3v) is 6.88. The molecule has 1 N–H and O–H groups in total. The summed E-state index contributed by atoms with van der Waals surface area (Å²) in [6.07, 6.45) is 1.74. The zero-order chi connectivity index (χ0) is 25.7. The van der Waals surface area contributed by atoms with Gasteiger partial charge in [-0.15, -0.1) is 0 Å². The Morgan fingerprint density at radius 3 is 2.64 bits per heavy atom. The molecule has 1 saturated heterocycles. The van der Waals surface area contributed by atoms with Gasteiger partial charge in [-0.2, -0.15) is 0 Å². The van der Waals surface area contributed by atoms with Crippen LogP contribution in [0.1, 0.15) is 18.1 Å². The smallest absolute Gasteiger partial charge is 0.271 e. The summed E-state index contributed by atoms with van der Waals surface area (Å²) in [5, 5.41) is 14.0. The van der Waals surface area contributed by atoms with Gasteiger partial charge in [0.2, 0.25) is 0 Å². The molecular formula is C25H19ClIN3O5S. The van der Waals surface area contributed by atoms with E-state index in [4.69, 9.17) is 21.1 Å². The third-order valence-electron chi connectivity index (χ3n) is 4.87. The van der Waals surface area contributed by atoms with Gasteiger partial charge < -0.3 is 14.8 Å². The van der Waals surface area contributed by atoms with Crippen LogP contribution in [-0.2, 0) is 11.4 Å². The Kier molecular flexibility index (Phi) is 8.49. The van der Waals surface area contributed by atoms with Gasteiger partial charge in [-0.05, 0) is 76.7 Å². The van der Waals surface area contributed by atoms with E-state index in [2.05, 4.69) is 32.9 Å². The maximum absolute atomic E-state index is 12.6. The Hall–Kier alpha value is -3.09. The van der Waals surface area contributed by atoms with E-state index in [1.165, 1.54) is 18.2 Å². The van der Waals surface area contributed by atoms with E-state index in [0.29, 0.717) is 40.5 Å². The Morgan fingerprint density at radius 2 is 1.94 bits per heavy atom. The topological polar surface area (TPSA) is 103 Å². The maximum atomic E-state index is 12.6. The number of amidine groups is 1. The second-order valence-electron chi connectivity index (χ2n) is 7.41. The molecule has 11 heteroatoms. The molecule has 1 heterocycles. The number of benzene rings is 3. The predicted molar refractivity (Wildman–Crippen MR) is 150 cm³/mol. The first-order chi connectivity index (χ1) is 17.3. The second kappa shape index (κ2) is 11.8. The normalized spacial score (nSPS) is 15.2. The second-order valence-corrected chi connectivity index (χ2v) is 10.0. The highest BCUT2D eigenvalue weighted by atomic mass is 127. The highest BCUT2D eigenvalue weighted by Gasteiger charge is 2.25. The summed E-state index contributed by atoms with van der Waals surface area (Å²) in [5.41, 5.74) is 1.99. The van der Waals surface area contributed by atoms with E-state index < -0.39 is 4.92 Å². The molecule has 0 aromatic heterocycles. The minimum atomic E-state index is -0.536. The fourth-order valence-corrected chi connectivity index (χ4v) is 5.08. The monoisotopic (exact) mass is 635 g/mol. The van der Waals surface area contributed by atoms with Crippen LogP contribution < -0.4 is 14.8 Å². The predicted octanol–water partition coefficient (Wildman–Crippen LogP) is 6.72. The van der Waals surface area contributed by atoms with Crippen molar-refractivity contribution in [3.8, 4) is 11.5 Å². The van der Waals surface area contributed by atoms with Crippen LogP contribution in [0.4, 0.5) is 11.4 Å². The van der Waals surface area contributed by atoms with E-state index in [1.807, 2.05) is 49.4 Å². The highest BCUT2D eigenvalue weighted by molar-refractivity contribution is 14.1. The minimum Gasteiger partial charge on any atom is -0.490 e. The van der Waals surface area contributed by atoms with Gasteiger partial charge in [0.15, 0.2) is 16.7 Å². The molecule has 0 unspecified atom stereocenters. The Labute approximate surface area is 230 Å². The number of nitrogens with one attached hydrogen (secondary N) is 1. The van der Waals surface area contributed by atoms with E-state index in [9.17, 15) is 14.9 Å². The summed E-state index contributed by atoms with van der Waals surface area (Å²) in [4.78, 5) is 27.7. The molecule has 3 aromatic rings. The van der Waals surface area contributed by atoms with Gasteiger partial charge in [0.05, 0.1) is 30.7 Å². The highest BCUT2D eigenvalue weighted by Crippen LogP contribution is 2.37. The van der Waals surface area contributed by atoms with Crippen LogP contribution in [0.15, 0.2) is 70.6 Å². The molecule has 1 aliphatic rings. The van der Waals surface area contributed by atoms with Crippen molar-refractivity contribution in [3.63, 3.8) is 0 Å². The number of rotatable bonds is 8. The number of nitro benzene ring substituents is 1. The van der Waals surface area contributed by atoms with Gasteiger partial charge >= 0.3 is 0 Å². The van der Waals surface area contributed by atoms with E-state index in [1.54, 1.807) is 6.08 Å². The van der Waals surface area contributed by atoms with Gasteiger partial charge in [-0.3, -0.25) is 14.9 Å². The fourth-order valence-electron chi connectivity index (χ4n) is 3.25. The number of amides is 1. The molecule has 0 saturated carbocycles. The van der Waals surface area contributed by atoms with Crippen LogP contribution in [-0.4, -0.2) is 22.6 Å². The molecule has 8 nitrogen and oxygen atoms in total. The van der Waals surface area contributed by atoms with Gasteiger partial charge in [-0.1, -0.05) is 41.9 Å². The van der Waals surface area contributed by atoms with Crippen LogP contribution in [0.25, 0.3) is 6.08 Å². The molecule has 0 bridgehead atoms. The SMILES string of the molecule is CCOc1cc(/C=C2/SC(=Nc3ccc([N+](=O)[O-])cc3Cl)NC2=O)cc(I)c1OCc1ccccc1. The summed E-state index contributed by atoms with van der Waals surface area (Å²) in [7, 11) is 0. The first kappa shape index (κ1) is 26.0. The van der Waals surface area contributed by atoms with Crippen molar-refractivity contribution < 1.29 is 19.2 Å². The van der Waals surface area contributed by atoms with E-state index in [-0.39, 0.29) is 16.6 Å². The number of carbonyl (C=O) groups is 1. The first-order valence-electron chi connectivity index (χ1n) is 10.7. The van der Waals surface area contributed by atoms with Crippen LogP contribution in [0.2, 0.25) is 5.02 Å². The lowest BCUT2D eigenvalue weighted by molar-refractivity contribution is -0.384. The van der Waals surface area contributed by atoms with Crippen LogP contribution in [0.5, 0.6) is 11.5 Å². The zero-order valence-electron chi connectivity index (χ0n) is 18.9. The minimum absolute atomic E-state index is 0.117. The molecule has 1 aliphatic heterocycles. The van der Waals surface area contributed by atoms with Crippen LogP contribution >= 0.6 is 46.0 Å². The molecule has 184 valence electrons. The number of hydrogen-bond donors (Lipinski definition) is 1. The lowest BCUT2D eigenvalue weighted by Crippen LogP contribution is -2.19. The molecule has 36 heavy (non-hydrogen) atoms. The lowest BCUT2D eigenvalue weighted by Gasteiger charge is -2.15. The number of nitrogens with zero attached hydrogens (tertiary/aromatic N) is 2. The van der Waals surface area contributed by atoms with Crippen molar-refractivity contribution in [2.45, 2.75) is 13.5 Å². The third kappa shape index (κ3) is 6.37. The summed E-state index contributed by atoms with van der Waals surface area (Å²) in [6, 6.07) is 17.6. The van der Waals surface area contributed by atoms with Gasteiger partial charge in [0.25, 0.3) is 11.6 Å². The average Bonchev–Trinajstić information content (AvgIpc) is 3.19. The summed E-state index contributed by atoms with van der Waals surface area (Å²) in [5.74, 6) is 0.915. The molecule has 1 fully saturated rings.